The molecule has 0 aromatic heterocycles. The topological polar surface area (TPSA) is 65.4 Å². The number of benzene rings is 2. The Morgan fingerprint density at radius 2 is 1.87 bits per heavy atom. The normalized spacial score (nSPS) is 13.8. The first-order chi connectivity index (χ1) is 11.2. The third-order valence-electron chi connectivity index (χ3n) is 3.78. The Morgan fingerprint density at radius 3 is 2.52 bits per heavy atom. The molecule has 3 rings (SSSR count). The van der Waals surface area contributed by atoms with Crippen molar-refractivity contribution in [3.63, 3.8) is 0 Å². The average Bonchev–Trinajstić information content (AvgIpc) is 2.57. The quantitative estimate of drug-likeness (QED) is 0.943. The highest BCUT2D eigenvalue weighted by Gasteiger charge is 2.28. The fourth-order valence-corrected chi connectivity index (χ4v) is 2.46. The van der Waals surface area contributed by atoms with Gasteiger partial charge in [-0.15, -0.1) is 0 Å². The lowest BCUT2D eigenvalue weighted by Gasteiger charge is -2.41. The van der Waals surface area contributed by atoms with E-state index in [9.17, 15) is 4.79 Å². The molecule has 2 aromatic carbocycles. The predicted molar refractivity (Wildman–Crippen MR) is 86.9 cm³/mol. The number of carbonyl (C=O) groups is 1. The molecule has 0 spiro atoms. The van der Waals surface area contributed by atoms with Gasteiger partial charge in [0.05, 0.1) is 17.7 Å². The first kappa shape index (κ1) is 14.9. The number of ether oxygens (including phenoxy) is 1. The summed E-state index contributed by atoms with van der Waals surface area (Å²) in [4.78, 5) is 13.9. The lowest BCUT2D eigenvalue weighted by Crippen LogP contribution is -2.59. The van der Waals surface area contributed by atoms with Crippen LogP contribution in [0.2, 0.25) is 0 Å². The van der Waals surface area contributed by atoms with Crippen molar-refractivity contribution >= 4 is 11.8 Å². The summed E-state index contributed by atoms with van der Waals surface area (Å²) < 4.78 is 5.20. The highest BCUT2D eigenvalue weighted by atomic mass is 16.5. The van der Waals surface area contributed by atoms with Crippen molar-refractivity contribution in [3.8, 4) is 6.07 Å². The van der Waals surface area contributed by atoms with E-state index < -0.39 is 6.09 Å². The van der Waals surface area contributed by atoms with E-state index in [2.05, 4.69) is 16.3 Å². The van der Waals surface area contributed by atoms with Gasteiger partial charge in [-0.25, -0.2) is 4.79 Å². The van der Waals surface area contributed by atoms with Crippen LogP contribution in [0.1, 0.15) is 11.1 Å². The van der Waals surface area contributed by atoms with Crippen LogP contribution in [0, 0.1) is 11.3 Å². The molecule has 0 aliphatic carbocycles. The summed E-state index contributed by atoms with van der Waals surface area (Å²) in [5, 5.41) is 11.6. The fraction of sp³-hybridized carbons (Fsp3) is 0.222. The fourth-order valence-electron chi connectivity index (χ4n) is 2.46. The molecule has 1 saturated heterocycles. The van der Waals surface area contributed by atoms with Gasteiger partial charge in [-0.05, 0) is 29.8 Å². The Bertz CT molecular complexity index is 701. The SMILES string of the molecule is N#Cc1ccc(N2CC(NC(=O)OCc3ccccc3)C2)cc1. The van der Waals surface area contributed by atoms with Gasteiger partial charge in [0.25, 0.3) is 0 Å². The van der Waals surface area contributed by atoms with Crippen LogP contribution in [-0.4, -0.2) is 25.2 Å². The zero-order valence-corrected chi connectivity index (χ0v) is 12.6. The number of carbonyl (C=O) groups excluding carboxylic acids is 1. The van der Waals surface area contributed by atoms with E-state index in [-0.39, 0.29) is 12.6 Å². The third kappa shape index (κ3) is 3.80. The number of rotatable bonds is 4. The van der Waals surface area contributed by atoms with Crippen molar-refractivity contribution in [3.05, 3.63) is 65.7 Å². The second-order valence-electron chi connectivity index (χ2n) is 5.47. The summed E-state index contributed by atoms with van der Waals surface area (Å²) in [6.45, 7) is 1.76. The summed E-state index contributed by atoms with van der Waals surface area (Å²) in [6, 6.07) is 19.2. The monoisotopic (exact) mass is 307 g/mol. The average molecular weight is 307 g/mol. The zero-order chi connectivity index (χ0) is 16.1. The van der Waals surface area contributed by atoms with E-state index in [0.717, 1.165) is 24.3 Å². The number of anilines is 1. The van der Waals surface area contributed by atoms with Crippen LogP contribution in [-0.2, 0) is 11.3 Å². The van der Waals surface area contributed by atoms with Crippen molar-refractivity contribution in [2.45, 2.75) is 12.6 Å². The minimum atomic E-state index is -0.390. The molecule has 1 N–H and O–H groups in total. The molecular weight excluding hydrogens is 290 g/mol. The van der Waals surface area contributed by atoms with Crippen molar-refractivity contribution in [1.82, 2.24) is 5.32 Å². The molecule has 23 heavy (non-hydrogen) atoms. The van der Waals surface area contributed by atoms with Gasteiger partial charge in [0.1, 0.15) is 6.61 Å². The third-order valence-corrected chi connectivity index (χ3v) is 3.78. The van der Waals surface area contributed by atoms with Gasteiger partial charge < -0.3 is 15.0 Å². The standard InChI is InChI=1S/C18H17N3O2/c19-10-14-6-8-17(9-7-14)21-11-16(12-21)20-18(22)23-13-15-4-2-1-3-5-15/h1-9,16H,11-13H2,(H,20,22). The van der Waals surface area contributed by atoms with Gasteiger partial charge in [0.15, 0.2) is 0 Å². The van der Waals surface area contributed by atoms with Gasteiger partial charge in [0.2, 0.25) is 0 Å². The molecule has 0 saturated carbocycles. The van der Waals surface area contributed by atoms with Gasteiger partial charge in [0, 0.05) is 18.8 Å². The van der Waals surface area contributed by atoms with Crippen LogP contribution in [0.3, 0.4) is 0 Å². The Hall–Kier alpha value is -3.00. The number of nitrogens with zero attached hydrogens (tertiary/aromatic N) is 2. The molecule has 5 nitrogen and oxygen atoms in total. The lowest BCUT2D eigenvalue weighted by atomic mass is 10.1. The number of amides is 1. The van der Waals surface area contributed by atoms with Crippen LogP contribution in [0.4, 0.5) is 10.5 Å². The van der Waals surface area contributed by atoms with E-state index >= 15 is 0 Å². The van der Waals surface area contributed by atoms with Crippen molar-refractivity contribution in [2.24, 2.45) is 0 Å². The Balaban J connectivity index is 1.41. The second kappa shape index (κ2) is 6.84. The van der Waals surface area contributed by atoms with E-state index in [1.54, 1.807) is 12.1 Å². The van der Waals surface area contributed by atoms with Crippen LogP contribution < -0.4 is 10.2 Å². The summed E-state index contributed by atoms with van der Waals surface area (Å²) in [6.07, 6.45) is -0.390. The summed E-state index contributed by atoms with van der Waals surface area (Å²) >= 11 is 0. The van der Waals surface area contributed by atoms with Crippen LogP contribution >= 0.6 is 0 Å². The maximum absolute atomic E-state index is 11.8. The molecule has 0 atom stereocenters. The van der Waals surface area contributed by atoms with E-state index in [0.29, 0.717) is 5.56 Å². The molecule has 1 amide bonds. The van der Waals surface area contributed by atoms with Crippen LogP contribution in [0.15, 0.2) is 54.6 Å². The van der Waals surface area contributed by atoms with Crippen molar-refractivity contribution < 1.29 is 9.53 Å². The molecule has 1 aliphatic heterocycles. The van der Waals surface area contributed by atoms with Crippen molar-refractivity contribution in [1.29, 1.82) is 5.26 Å². The Morgan fingerprint density at radius 1 is 1.17 bits per heavy atom. The number of hydrogen-bond donors (Lipinski definition) is 1. The molecule has 0 radical (unpaired) electrons. The number of nitrogens with one attached hydrogen (secondary N) is 1. The zero-order valence-electron chi connectivity index (χ0n) is 12.6. The molecule has 5 heteroatoms. The first-order valence-electron chi connectivity index (χ1n) is 7.47. The largest absolute Gasteiger partial charge is 0.445 e. The predicted octanol–water partition coefficient (Wildman–Crippen LogP) is 2.67. The van der Waals surface area contributed by atoms with Crippen LogP contribution in [0.25, 0.3) is 0 Å². The van der Waals surface area contributed by atoms with E-state index in [4.69, 9.17) is 10.00 Å². The Kier molecular flexibility index (Phi) is 4.44. The van der Waals surface area contributed by atoms with Gasteiger partial charge in [-0.2, -0.15) is 5.26 Å². The minimum absolute atomic E-state index is 0.0916. The highest BCUT2D eigenvalue weighted by molar-refractivity contribution is 5.68. The molecule has 0 unspecified atom stereocenters. The molecule has 1 heterocycles. The molecule has 2 aromatic rings. The van der Waals surface area contributed by atoms with Gasteiger partial charge in [-0.1, -0.05) is 30.3 Å². The maximum atomic E-state index is 11.8. The number of nitriles is 1. The Labute approximate surface area is 135 Å². The van der Waals surface area contributed by atoms with Gasteiger partial charge in [-0.3, -0.25) is 0 Å². The second-order valence-corrected chi connectivity index (χ2v) is 5.47. The number of hydrogen-bond acceptors (Lipinski definition) is 4. The van der Waals surface area contributed by atoms with Crippen LogP contribution in [0.5, 0.6) is 0 Å². The molecule has 1 fully saturated rings. The summed E-state index contributed by atoms with van der Waals surface area (Å²) in [7, 11) is 0. The smallest absolute Gasteiger partial charge is 0.407 e. The minimum Gasteiger partial charge on any atom is -0.445 e. The lowest BCUT2D eigenvalue weighted by molar-refractivity contribution is 0.133. The maximum Gasteiger partial charge on any atom is 0.407 e. The molecule has 1 aliphatic rings. The summed E-state index contributed by atoms with van der Waals surface area (Å²) in [5.41, 5.74) is 2.67. The van der Waals surface area contributed by atoms with Gasteiger partial charge >= 0.3 is 6.09 Å². The summed E-state index contributed by atoms with van der Waals surface area (Å²) in [5.74, 6) is 0. The number of alkyl carbamates (subject to hydrolysis) is 1. The van der Waals surface area contributed by atoms with E-state index in [1.807, 2.05) is 42.5 Å². The first-order valence-corrected chi connectivity index (χ1v) is 7.47. The van der Waals surface area contributed by atoms with Crippen molar-refractivity contribution in [2.75, 3.05) is 18.0 Å². The molecule has 116 valence electrons. The van der Waals surface area contributed by atoms with E-state index in [1.165, 1.54) is 0 Å². The molecular formula is C18H17N3O2. The highest BCUT2D eigenvalue weighted by Crippen LogP contribution is 2.21. The molecule has 0 bridgehead atoms.